The van der Waals surface area contributed by atoms with Gasteiger partial charge in [0, 0.05) is 13.6 Å². The van der Waals surface area contributed by atoms with E-state index in [1.165, 1.54) is 38.6 Å². The molecule has 24 heavy (non-hydrogen) atoms. The van der Waals surface area contributed by atoms with Crippen LogP contribution in [0, 0.1) is 13.8 Å². The van der Waals surface area contributed by atoms with Crippen LogP contribution < -0.4 is 10.6 Å². The predicted octanol–water partition coefficient (Wildman–Crippen LogP) is 3.09. The molecule has 0 fully saturated rings. The van der Waals surface area contributed by atoms with Gasteiger partial charge in [0.15, 0.2) is 5.96 Å². The molecule has 6 nitrogen and oxygen atoms in total. The summed E-state index contributed by atoms with van der Waals surface area (Å²) in [6, 6.07) is 0. The quantitative estimate of drug-likeness (QED) is 0.248. The molecule has 0 unspecified atom stereocenters. The van der Waals surface area contributed by atoms with Gasteiger partial charge in [-0.2, -0.15) is 0 Å². The first-order valence-corrected chi connectivity index (χ1v) is 8.55. The lowest BCUT2D eigenvalue weighted by molar-refractivity contribution is 0.389. The molecule has 1 aromatic heterocycles. The van der Waals surface area contributed by atoms with E-state index in [1.54, 1.807) is 7.05 Å². The van der Waals surface area contributed by atoms with Gasteiger partial charge in [-0.15, -0.1) is 24.0 Å². The highest BCUT2D eigenvalue weighted by molar-refractivity contribution is 14.0. The Morgan fingerprint density at radius 1 is 1.08 bits per heavy atom. The molecule has 140 valence electrons. The Morgan fingerprint density at radius 3 is 2.33 bits per heavy atom. The maximum absolute atomic E-state index is 5.55. The highest BCUT2D eigenvalue weighted by atomic mass is 127. The van der Waals surface area contributed by atoms with Gasteiger partial charge in [0.25, 0.3) is 0 Å². The summed E-state index contributed by atoms with van der Waals surface area (Å²) in [7, 11) is 6.04. The van der Waals surface area contributed by atoms with Crippen molar-refractivity contribution in [1.82, 2.24) is 20.5 Å². The summed E-state index contributed by atoms with van der Waals surface area (Å²) in [5.41, 5.74) is 0.944. The van der Waals surface area contributed by atoms with Crippen molar-refractivity contribution < 1.29 is 4.42 Å². The summed E-state index contributed by atoms with van der Waals surface area (Å²) < 4.78 is 5.55. The van der Waals surface area contributed by atoms with Crippen LogP contribution in [0.4, 0.5) is 0 Å². The van der Waals surface area contributed by atoms with E-state index in [0.29, 0.717) is 12.4 Å². The molecule has 1 aromatic rings. The monoisotopic (exact) mass is 451 g/mol. The molecule has 0 radical (unpaired) electrons. The summed E-state index contributed by atoms with van der Waals surface area (Å²) in [6.45, 7) is 6.57. The van der Waals surface area contributed by atoms with Crippen LogP contribution >= 0.6 is 24.0 Å². The SMILES string of the molecule is CN=C(NCCCCCCCN(C)C)NCc1nc(C)c(C)o1.I. The molecular formula is C17H34IN5O. The smallest absolute Gasteiger partial charge is 0.214 e. The van der Waals surface area contributed by atoms with Crippen LogP contribution in [0.1, 0.15) is 49.4 Å². The average molecular weight is 451 g/mol. The minimum Gasteiger partial charge on any atom is -0.444 e. The molecule has 0 bridgehead atoms. The van der Waals surface area contributed by atoms with E-state index in [1.807, 2.05) is 13.8 Å². The summed E-state index contributed by atoms with van der Waals surface area (Å²) in [6.07, 6.45) is 6.33. The number of hydrogen-bond acceptors (Lipinski definition) is 4. The fourth-order valence-electron chi connectivity index (χ4n) is 2.28. The normalized spacial score (nSPS) is 11.5. The molecule has 0 saturated heterocycles. The maximum atomic E-state index is 5.55. The van der Waals surface area contributed by atoms with Gasteiger partial charge < -0.3 is 20.0 Å². The molecule has 0 atom stereocenters. The highest BCUT2D eigenvalue weighted by Gasteiger charge is 2.06. The molecule has 0 spiro atoms. The standard InChI is InChI=1S/C17H33N5O.HI/c1-14-15(2)23-16(21-14)13-20-17(18-3)19-11-9-7-6-8-10-12-22(4)5;/h6-13H2,1-5H3,(H2,18,19,20);1H. The summed E-state index contributed by atoms with van der Waals surface area (Å²) >= 11 is 0. The maximum Gasteiger partial charge on any atom is 0.214 e. The Morgan fingerprint density at radius 2 is 1.75 bits per heavy atom. The highest BCUT2D eigenvalue weighted by Crippen LogP contribution is 2.07. The lowest BCUT2D eigenvalue weighted by Crippen LogP contribution is -2.37. The minimum absolute atomic E-state index is 0. The van der Waals surface area contributed by atoms with Crippen LogP contribution in [0.15, 0.2) is 9.41 Å². The van der Waals surface area contributed by atoms with Crippen molar-refractivity contribution in [3.05, 3.63) is 17.3 Å². The van der Waals surface area contributed by atoms with E-state index < -0.39 is 0 Å². The minimum atomic E-state index is 0. The number of halogens is 1. The zero-order valence-electron chi connectivity index (χ0n) is 15.8. The van der Waals surface area contributed by atoms with Crippen molar-refractivity contribution in [3.63, 3.8) is 0 Å². The van der Waals surface area contributed by atoms with E-state index in [-0.39, 0.29) is 24.0 Å². The van der Waals surface area contributed by atoms with Gasteiger partial charge in [0.05, 0.1) is 12.2 Å². The Hall–Kier alpha value is -0.830. The summed E-state index contributed by atoms with van der Waals surface area (Å²) in [4.78, 5) is 10.8. The van der Waals surface area contributed by atoms with E-state index in [9.17, 15) is 0 Å². The molecule has 1 heterocycles. The number of aliphatic imine (C=N–C) groups is 1. The second-order valence-electron chi connectivity index (χ2n) is 6.17. The molecule has 0 aliphatic rings. The predicted molar refractivity (Wildman–Crippen MR) is 111 cm³/mol. The Kier molecular flexibility index (Phi) is 13.0. The number of aromatic nitrogens is 1. The third kappa shape index (κ3) is 10.1. The largest absolute Gasteiger partial charge is 0.444 e. The lowest BCUT2D eigenvalue weighted by Gasteiger charge is -2.11. The van der Waals surface area contributed by atoms with Crippen LogP contribution in [-0.4, -0.2) is 50.1 Å². The van der Waals surface area contributed by atoms with Crippen LogP contribution in [-0.2, 0) is 6.54 Å². The van der Waals surface area contributed by atoms with Crippen molar-refractivity contribution in [2.24, 2.45) is 4.99 Å². The first-order valence-electron chi connectivity index (χ1n) is 8.55. The van der Waals surface area contributed by atoms with Gasteiger partial charge >= 0.3 is 0 Å². The molecule has 2 N–H and O–H groups in total. The molecule has 0 aromatic carbocycles. The fraction of sp³-hybridized carbons (Fsp3) is 0.765. The number of oxazole rings is 1. The van der Waals surface area contributed by atoms with Gasteiger partial charge in [0.2, 0.25) is 5.89 Å². The molecule has 1 rings (SSSR count). The first-order chi connectivity index (χ1) is 11.0. The Labute approximate surface area is 163 Å². The van der Waals surface area contributed by atoms with E-state index in [2.05, 4.69) is 39.6 Å². The van der Waals surface area contributed by atoms with Crippen molar-refractivity contribution in [1.29, 1.82) is 0 Å². The number of nitrogens with zero attached hydrogens (tertiary/aromatic N) is 3. The molecule has 0 saturated carbocycles. The number of nitrogens with one attached hydrogen (secondary N) is 2. The molecule has 0 amide bonds. The zero-order valence-corrected chi connectivity index (χ0v) is 18.1. The second kappa shape index (κ2) is 13.5. The van der Waals surface area contributed by atoms with Crippen LogP contribution in [0.5, 0.6) is 0 Å². The topological polar surface area (TPSA) is 65.7 Å². The first kappa shape index (κ1) is 23.2. The number of hydrogen-bond donors (Lipinski definition) is 2. The van der Waals surface area contributed by atoms with Gasteiger partial charge in [-0.1, -0.05) is 19.3 Å². The fourth-order valence-corrected chi connectivity index (χ4v) is 2.28. The number of aryl methyl sites for hydroxylation is 2. The third-order valence-corrected chi connectivity index (χ3v) is 3.78. The number of unbranched alkanes of at least 4 members (excludes halogenated alkanes) is 4. The van der Waals surface area contributed by atoms with Crippen molar-refractivity contribution in [2.45, 2.75) is 52.5 Å². The number of guanidine groups is 1. The van der Waals surface area contributed by atoms with Gasteiger partial charge in [-0.25, -0.2) is 4.98 Å². The average Bonchev–Trinajstić information content (AvgIpc) is 2.83. The van der Waals surface area contributed by atoms with E-state index >= 15 is 0 Å². The Bertz CT molecular complexity index is 454. The van der Waals surface area contributed by atoms with Gasteiger partial charge in [0.1, 0.15) is 5.76 Å². The molecule has 0 aliphatic carbocycles. The van der Waals surface area contributed by atoms with Crippen molar-refractivity contribution >= 4 is 29.9 Å². The molecule has 0 aliphatic heterocycles. The summed E-state index contributed by atoms with van der Waals surface area (Å²) in [5, 5.41) is 6.56. The van der Waals surface area contributed by atoms with Crippen LogP contribution in [0.25, 0.3) is 0 Å². The van der Waals surface area contributed by atoms with E-state index in [0.717, 1.165) is 24.0 Å². The third-order valence-electron chi connectivity index (χ3n) is 3.78. The Balaban J connectivity index is 0.00000529. The molecule has 7 heteroatoms. The second-order valence-corrected chi connectivity index (χ2v) is 6.17. The zero-order chi connectivity index (χ0) is 17.1. The number of rotatable bonds is 10. The van der Waals surface area contributed by atoms with Crippen molar-refractivity contribution in [2.75, 3.05) is 34.2 Å². The van der Waals surface area contributed by atoms with E-state index in [4.69, 9.17) is 4.42 Å². The molecular weight excluding hydrogens is 417 g/mol. The van der Waals surface area contributed by atoms with Crippen LogP contribution in [0.2, 0.25) is 0 Å². The lowest BCUT2D eigenvalue weighted by atomic mass is 10.1. The van der Waals surface area contributed by atoms with Crippen LogP contribution in [0.3, 0.4) is 0 Å². The van der Waals surface area contributed by atoms with Gasteiger partial charge in [-0.05, 0) is 47.3 Å². The van der Waals surface area contributed by atoms with Gasteiger partial charge in [-0.3, -0.25) is 4.99 Å². The van der Waals surface area contributed by atoms with Crippen molar-refractivity contribution in [3.8, 4) is 0 Å². The summed E-state index contributed by atoms with van der Waals surface area (Å²) in [5.74, 6) is 2.37.